The molecule has 0 aliphatic heterocycles. The number of ether oxygens (including phenoxy) is 3. The zero-order valence-corrected chi connectivity index (χ0v) is 8.78. The van der Waals surface area contributed by atoms with Gasteiger partial charge in [0.25, 0.3) is 0 Å². The lowest BCUT2D eigenvalue weighted by atomic mass is 10.6. The van der Waals surface area contributed by atoms with Crippen LogP contribution in [0.15, 0.2) is 0 Å². The summed E-state index contributed by atoms with van der Waals surface area (Å²) in [5.41, 5.74) is 0. The van der Waals surface area contributed by atoms with Crippen molar-refractivity contribution in [3.63, 3.8) is 0 Å². The van der Waals surface area contributed by atoms with Gasteiger partial charge in [0, 0.05) is 0 Å². The van der Waals surface area contributed by atoms with Gasteiger partial charge in [-0.1, -0.05) is 11.8 Å². The molecular formula is C10H18O5. The van der Waals surface area contributed by atoms with E-state index in [1.165, 1.54) is 0 Å². The van der Waals surface area contributed by atoms with Crippen LogP contribution in [0.5, 0.6) is 0 Å². The Kier molecular flexibility index (Phi) is 12.8. The molecule has 0 rings (SSSR count). The molecule has 15 heavy (non-hydrogen) atoms. The summed E-state index contributed by atoms with van der Waals surface area (Å²) >= 11 is 0. The normalized spacial score (nSPS) is 9.73. The number of aliphatic hydroxyl groups is 2. The van der Waals surface area contributed by atoms with Crippen molar-refractivity contribution in [2.75, 3.05) is 52.9 Å². The van der Waals surface area contributed by atoms with Gasteiger partial charge < -0.3 is 24.4 Å². The highest BCUT2D eigenvalue weighted by Gasteiger charge is 1.86. The Bertz CT molecular complexity index is 172. The van der Waals surface area contributed by atoms with Crippen LogP contribution in [0.25, 0.3) is 0 Å². The van der Waals surface area contributed by atoms with Gasteiger partial charge in [0.15, 0.2) is 0 Å². The van der Waals surface area contributed by atoms with Crippen LogP contribution in [-0.4, -0.2) is 63.1 Å². The van der Waals surface area contributed by atoms with Gasteiger partial charge in [-0.15, -0.1) is 0 Å². The second-order valence-corrected chi connectivity index (χ2v) is 2.52. The van der Waals surface area contributed by atoms with Crippen LogP contribution in [0.1, 0.15) is 0 Å². The fourth-order valence-electron chi connectivity index (χ4n) is 0.697. The van der Waals surface area contributed by atoms with Crippen molar-refractivity contribution in [1.82, 2.24) is 0 Å². The highest BCUT2D eigenvalue weighted by molar-refractivity contribution is 4.99. The van der Waals surface area contributed by atoms with Crippen molar-refractivity contribution in [3.05, 3.63) is 0 Å². The Morgan fingerprint density at radius 1 is 0.667 bits per heavy atom. The van der Waals surface area contributed by atoms with Crippen molar-refractivity contribution < 1.29 is 24.4 Å². The van der Waals surface area contributed by atoms with Crippen molar-refractivity contribution in [2.24, 2.45) is 0 Å². The van der Waals surface area contributed by atoms with E-state index >= 15 is 0 Å². The Morgan fingerprint density at radius 2 is 1.13 bits per heavy atom. The van der Waals surface area contributed by atoms with E-state index in [1.807, 2.05) is 0 Å². The fourth-order valence-corrected chi connectivity index (χ4v) is 0.697. The van der Waals surface area contributed by atoms with E-state index in [-0.39, 0.29) is 13.2 Å². The lowest BCUT2D eigenvalue weighted by Gasteiger charge is -2.00. The first-order valence-corrected chi connectivity index (χ1v) is 4.82. The summed E-state index contributed by atoms with van der Waals surface area (Å²) < 4.78 is 15.0. The maximum absolute atomic E-state index is 8.39. The SMILES string of the molecule is OCCOCC#CCOCCOCCO. The molecule has 0 spiro atoms. The van der Waals surface area contributed by atoms with Gasteiger partial charge in [-0.2, -0.15) is 0 Å². The van der Waals surface area contributed by atoms with Crippen molar-refractivity contribution in [3.8, 4) is 11.8 Å². The molecule has 0 amide bonds. The third-order valence-electron chi connectivity index (χ3n) is 1.32. The molecule has 0 saturated heterocycles. The Balaban J connectivity index is 3.02. The summed E-state index contributed by atoms with van der Waals surface area (Å²) in [6.45, 7) is 2.27. The standard InChI is InChI=1S/C10H18O5/c11-3-7-13-5-1-2-6-14-9-10-15-8-4-12/h11-12H,3-10H2. The summed E-state index contributed by atoms with van der Waals surface area (Å²) in [7, 11) is 0. The van der Waals surface area contributed by atoms with Gasteiger partial charge in [0.2, 0.25) is 0 Å². The molecular weight excluding hydrogens is 200 g/mol. The quantitative estimate of drug-likeness (QED) is 0.385. The van der Waals surface area contributed by atoms with Crippen LogP contribution in [0, 0.1) is 11.8 Å². The van der Waals surface area contributed by atoms with Crippen molar-refractivity contribution in [2.45, 2.75) is 0 Å². The van der Waals surface area contributed by atoms with Gasteiger partial charge in [0.1, 0.15) is 13.2 Å². The average Bonchev–Trinajstić information content (AvgIpc) is 2.26. The smallest absolute Gasteiger partial charge is 0.107 e. The van der Waals surface area contributed by atoms with Crippen LogP contribution in [0.3, 0.4) is 0 Å². The van der Waals surface area contributed by atoms with Crippen LogP contribution >= 0.6 is 0 Å². The van der Waals surface area contributed by atoms with Crippen LogP contribution in [0.2, 0.25) is 0 Å². The highest BCUT2D eigenvalue weighted by atomic mass is 16.5. The van der Waals surface area contributed by atoms with E-state index in [0.29, 0.717) is 39.6 Å². The number of aliphatic hydroxyl groups excluding tert-OH is 2. The maximum Gasteiger partial charge on any atom is 0.107 e. The molecule has 0 aromatic carbocycles. The molecule has 0 saturated carbocycles. The van der Waals surface area contributed by atoms with Gasteiger partial charge in [-0.25, -0.2) is 0 Å². The van der Waals surface area contributed by atoms with E-state index < -0.39 is 0 Å². The number of rotatable bonds is 9. The summed E-state index contributed by atoms with van der Waals surface area (Å²) in [6.07, 6.45) is 0. The first kappa shape index (κ1) is 14.4. The zero-order chi connectivity index (χ0) is 11.2. The van der Waals surface area contributed by atoms with Crippen LogP contribution in [0.4, 0.5) is 0 Å². The molecule has 0 bridgehead atoms. The van der Waals surface area contributed by atoms with E-state index in [4.69, 9.17) is 24.4 Å². The predicted molar refractivity (Wildman–Crippen MR) is 54.4 cm³/mol. The van der Waals surface area contributed by atoms with E-state index in [0.717, 1.165) is 0 Å². The molecule has 0 aromatic rings. The van der Waals surface area contributed by atoms with Crippen LogP contribution < -0.4 is 0 Å². The first-order chi connectivity index (χ1) is 7.41. The third-order valence-corrected chi connectivity index (χ3v) is 1.32. The maximum atomic E-state index is 8.39. The molecule has 5 heteroatoms. The zero-order valence-electron chi connectivity index (χ0n) is 8.78. The van der Waals surface area contributed by atoms with Gasteiger partial charge in [-0.05, 0) is 0 Å². The molecule has 0 atom stereocenters. The molecule has 5 nitrogen and oxygen atoms in total. The van der Waals surface area contributed by atoms with Crippen molar-refractivity contribution in [1.29, 1.82) is 0 Å². The van der Waals surface area contributed by atoms with Gasteiger partial charge in [-0.3, -0.25) is 0 Å². The second-order valence-electron chi connectivity index (χ2n) is 2.52. The Labute approximate surface area is 90.0 Å². The molecule has 0 unspecified atom stereocenters. The molecule has 0 aliphatic carbocycles. The lowest BCUT2D eigenvalue weighted by molar-refractivity contribution is 0.0423. The lowest BCUT2D eigenvalue weighted by Crippen LogP contribution is -2.07. The molecule has 0 heterocycles. The van der Waals surface area contributed by atoms with E-state index in [9.17, 15) is 0 Å². The molecule has 0 aromatic heterocycles. The third kappa shape index (κ3) is 13.4. The fraction of sp³-hybridized carbons (Fsp3) is 0.800. The van der Waals surface area contributed by atoms with Crippen molar-refractivity contribution >= 4 is 0 Å². The molecule has 2 N–H and O–H groups in total. The largest absolute Gasteiger partial charge is 0.394 e. The average molecular weight is 218 g/mol. The molecule has 0 aliphatic rings. The first-order valence-electron chi connectivity index (χ1n) is 4.82. The topological polar surface area (TPSA) is 68.2 Å². The van der Waals surface area contributed by atoms with E-state index in [2.05, 4.69) is 11.8 Å². The van der Waals surface area contributed by atoms with Gasteiger partial charge in [0.05, 0.1) is 39.6 Å². The minimum atomic E-state index is 0.0143. The summed E-state index contributed by atoms with van der Waals surface area (Å²) in [5, 5.41) is 16.8. The minimum Gasteiger partial charge on any atom is -0.394 e. The summed E-state index contributed by atoms with van der Waals surface area (Å²) in [4.78, 5) is 0. The van der Waals surface area contributed by atoms with Gasteiger partial charge >= 0.3 is 0 Å². The molecule has 0 radical (unpaired) electrons. The number of hydrogen-bond acceptors (Lipinski definition) is 5. The molecule has 88 valence electrons. The minimum absolute atomic E-state index is 0.0143. The Morgan fingerprint density at radius 3 is 1.73 bits per heavy atom. The Hall–Kier alpha value is -0.640. The van der Waals surface area contributed by atoms with Crippen LogP contribution in [-0.2, 0) is 14.2 Å². The monoisotopic (exact) mass is 218 g/mol. The predicted octanol–water partition coefficient (Wildman–Crippen LogP) is -0.976. The van der Waals surface area contributed by atoms with E-state index in [1.54, 1.807) is 0 Å². The summed E-state index contributed by atoms with van der Waals surface area (Å²) in [6, 6.07) is 0. The molecule has 0 fully saturated rings. The highest BCUT2D eigenvalue weighted by Crippen LogP contribution is 1.77. The summed E-state index contributed by atoms with van der Waals surface area (Å²) in [5.74, 6) is 5.48. The second kappa shape index (κ2) is 13.4. The number of hydrogen-bond donors (Lipinski definition) is 2.